The lowest BCUT2D eigenvalue weighted by atomic mass is 9.91. The molecule has 2 aromatic heterocycles. The Morgan fingerprint density at radius 2 is 1.62 bits per heavy atom. The number of nitrogens with one attached hydrogen (secondary N) is 2. The number of imidazole rings is 1. The van der Waals surface area contributed by atoms with Crippen LogP contribution in [0.3, 0.4) is 0 Å². The van der Waals surface area contributed by atoms with Crippen molar-refractivity contribution in [1.29, 1.82) is 0 Å². The van der Waals surface area contributed by atoms with Crippen molar-refractivity contribution in [3.05, 3.63) is 114 Å². The fourth-order valence-corrected chi connectivity index (χ4v) is 3.51. The third kappa shape index (κ3) is 6.16. The fraction of sp³-hybridized carbons (Fsp3) is 0.160. The maximum absolute atomic E-state index is 4.41. The van der Waals surface area contributed by atoms with Crippen molar-refractivity contribution in [2.45, 2.75) is 12.5 Å². The lowest BCUT2D eigenvalue weighted by molar-refractivity contribution is 0.727. The van der Waals surface area contributed by atoms with E-state index in [4.69, 9.17) is 0 Å². The minimum Gasteiger partial charge on any atom is -0.355 e. The highest BCUT2D eigenvalue weighted by atomic mass is 127. The standard InChI is InChI=1S/C25H26N6.HI/c1-26-25(29-17-20-12-13-28-24(16-20)31-15-14-27-19-31)30-18-23(21-8-4-2-5-9-21)22-10-6-3-7-11-22;/h2-16,19,23H,17-18H2,1H3,(H2,26,29,30);1H. The van der Waals surface area contributed by atoms with Gasteiger partial charge in [0.1, 0.15) is 12.1 Å². The summed E-state index contributed by atoms with van der Waals surface area (Å²) < 4.78 is 1.89. The van der Waals surface area contributed by atoms with Crippen molar-refractivity contribution in [3.63, 3.8) is 0 Å². The van der Waals surface area contributed by atoms with Gasteiger partial charge in [-0.05, 0) is 28.8 Å². The molecular weight excluding hydrogens is 511 g/mol. The number of nitrogens with zero attached hydrogens (tertiary/aromatic N) is 4. The predicted molar refractivity (Wildman–Crippen MR) is 140 cm³/mol. The smallest absolute Gasteiger partial charge is 0.191 e. The number of guanidine groups is 1. The molecule has 164 valence electrons. The van der Waals surface area contributed by atoms with E-state index in [1.54, 1.807) is 19.6 Å². The van der Waals surface area contributed by atoms with Crippen molar-refractivity contribution in [1.82, 2.24) is 25.2 Å². The zero-order chi connectivity index (χ0) is 21.3. The van der Waals surface area contributed by atoms with Crippen LogP contribution in [0, 0.1) is 0 Å². The van der Waals surface area contributed by atoms with E-state index in [0.717, 1.165) is 23.9 Å². The van der Waals surface area contributed by atoms with Crippen LogP contribution in [0.2, 0.25) is 0 Å². The molecule has 7 heteroatoms. The summed E-state index contributed by atoms with van der Waals surface area (Å²) in [6, 6.07) is 25.1. The Bertz CT molecular complexity index is 1060. The van der Waals surface area contributed by atoms with E-state index in [9.17, 15) is 0 Å². The predicted octanol–water partition coefficient (Wildman–Crippen LogP) is 4.38. The SMILES string of the molecule is CN=C(NCc1ccnc(-n2ccnc2)c1)NCC(c1ccccc1)c1ccccc1.I. The van der Waals surface area contributed by atoms with Crippen LogP contribution in [0.1, 0.15) is 22.6 Å². The van der Waals surface area contributed by atoms with Gasteiger partial charge in [-0.25, -0.2) is 9.97 Å². The number of pyridine rings is 1. The van der Waals surface area contributed by atoms with Crippen LogP contribution in [-0.4, -0.2) is 34.1 Å². The van der Waals surface area contributed by atoms with Crippen LogP contribution >= 0.6 is 24.0 Å². The largest absolute Gasteiger partial charge is 0.355 e. The number of hydrogen-bond acceptors (Lipinski definition) is 3. The molecule has 0 radical (unpaired) electrons. The summed E-state index contributed by atoms with van der Waals surface area (Å²) in [5.41, 5.74) is 3.66. The molecule has 0 aliphatic carbocycles. The van der Waals surface area contributed by atoms with Gasteiger partial charge in [0, 0.05) is 44.6 Å². The first kappa shape index (κ1) is 23.5. The second kappa shape index (κ2) is 12.0. The van der Waals surface area contributed by atoms with Gasteiger partial charge in [-0.3, -0.25) is 9.56 Å². The molecule has 0 bridgehead atoms. The maximum Gasteiger partial charge on any atom is 0.191 e. The quantitative estimate of drug-likeness (QED) is 0.208. The van der Waals surface area contributed by atoms with Crippen LogP contribution < -0.4 is 10.6 Å². The maximum atomic E-state index is 4.41. The van der Waals surface area contributed by atoms with Gasteiger partial charge < -0.3 is 10.6 Å². The fourth-order valence-electron chi connectivity index (χ4n) is 3.51. The Hall–Kier alpha value is -3.20. The molecule has 2 heterocycles. The highest BCUT2D eigenvalue weighted by Crippen LogP contribution is 2.23. The topological polar surface area (TPSA) is 67.1 Å². The number of aliphatic imine (C=N–C) groups is 1. The van der Waals surface area contributed by atoms with Crippen LogP contribution in [0.5, 0.6) is 0 Å². The molecule has 0 unspecified atom stereocenters. The number of rotatable bonds is 7. The number of halogens is 1. The minimum absolute atomic E-state index is 0. The van der Waals surface area contributed by atoms with Gasteiger partial charge in [0.05, 0.1) is 0 Å². The summed E-state index contributed by atoms with van der Waals surface area (Å²) in [6.07, 6.45) is 7.18. The summed E-state index contributed by atoms with van der Waals surface area (Å²) in [5, 5.41) is 6.89. The lowest BCUT2D eigenvalue weighted by Crippen LogP contribution is -2.39. The van der Waals surface area contributed by atoms with E-state index >= 15 is 0 Å². The Balaban J connectivity index is 0.00000289. The highest BCUT2D eigenvalue weighted by Gasteiger charge is 2.14. The van der Waals surface area contributed by atoms with Crippen molar-refractivity contribution in [2.24, 2.45) is 4.99 Å². The van der Waals surface area contributed by atoms with Crippen molar-refractivity contribution >= 4 is 29.9 Å². The molecule has 0 amide bonds. The monoisotopic (exact) mass is 538 g/mol. The van der Waals surface area contributed by atoms with Gasteiger partial charge >= 0.3 is 0 Å². The zero-order valence-corrected chi connectivity index (χ0v) is 20.3. The van der Waals surface area contributed by atoms with Gasteiger partial charge in [0.15, 0.2) is 5.96 Å². The summed E-state index contributed by atoms with van der Waals surface area (Å²) in [4.78, 5) is 12.9. The average Bonchev–Trinajstić information content (AvgIpc) is 3.38. The number of hydrogen-bond donors (Lipinski definition) is 2. The van der Waals surface area contributed by atoms with Crippen LogP contribution in [-0.2, 0) is 6.54 Å². The first-order valence-corrected chi connectivity index (χ1v) is 10.3. The Labute approximate surface area is 205 Å². The second-order valence-electron chi connectivity index (χ2n) is 7.17. The highest BCUT2D eigenvalue weighted by molar-refractivity contribution is 14.0. The first-order valence-electron chi connectivity index (χ1n) is 10.3. The molecular formula is C25H27IN6. The molecule has 0 aliphatic heterocycles. The molecule has 0 fully saturated rings. The molecule has 2 aromatic carbocycles. The van der Waals surface area contributed by atoms with E-state index in [1.807, 2.05) is 41.2 Å². The van der Waals surface area contributed by atoms with Gasteiger partial charge in [-0.15, -0.1) is 24.0 Å². The van der Waals surface area contributed by atoms with Gasteiger partial charge in [0.25, 0.3) is 0 Å². The van der Waals surface area contributed by atoms with E-state index in [0.29, 0.717) is 6.54 Å². The first-order chi connectivity index (χ1) is 15.3. The van der Waals surface area contributed by atoms with Gasteiger partial charge in [-0.1, -0.05) is 60.7 Å². The summed E-state index contributed by atoms with van der Waals surface area (Å²) in [6.45, 7) is 1.38. The van der Waals surface area contributed by atoms with Crippen LogP contribution in [0.4, 0.5) is 0 Å². The van der Waals surface area contributed by atoms with Gasteiger partial charge in [0.2, 0.25) is 0 Å². The van der Waals surface area contributed by atoms with Crippen molar-refractivity contribution < 1.29 is 0 Å². The van der Waals surface area contributed by atoms with Crippen LogP contribution in [0.15, 0.2) is 103 Å². The molecule has 6 nitrogen and oxygen atoms in total. The molecule has 4 aromatic rings. The van der Waals surface area contributed by atoms with E-state index in [1.165, 1.54) is 11.1 Å². The third-order valence-electron chi connectivity index (χ3n) is 5.14. The van der Waals surface area contributed by atoms with Crippen LogP contribution in [0.25, 0.3) is 5.82 Å². The third-order valence-corrected chi connectivity index (χ3v) is 5.14. The molecule has 4 rings (SSSR count). The zero-order valence-electron chi connectivity index (χ0n) is 17.9. The second-order valence-corrected chi connectivity index (χ2v) is 7.17. The lowest BCUT2D eigenvalue weighted by Gasteiger charge is -2.20. The molecule has 2 N–H and O–H groups in total. The Kier molecular flexibility index (Phi) is 8.79. The van der Waals surface area contributed by atoms with Crippen molar-refractivity contribution in [3.8, 4) is 5.82 Å². The molecule has 0 spiro atoms. The van der Waals surface area contributed by atoms with E-state index < -0.39 is 0 Å². The normalized spacial score (nSPS) is 11.1. The summed E-state index contributed by atoms with van der Waals surface area (Å²) in [7, 11) is 1.79. The summed E-state index contributed by atoms with van der Waals surface area (Å²) >= 11 is 0. The molecule has 0 saturated heterocycles. The molecule has 0 saturated carbocycles. The van der Waals surface area contributed by atoms with Gasteiger partial charge in [-0.2, -0.15) is 0 Å². The van der Waals surface area contributed by atoms with E-state index in [-0.39, 0.29) is 29.9 Å². The number of benzene rings is 2. The number of aromatic nitrogens is 3. The Morgan fingerprint density at radius 3 is 2.22 bits per heavy atom. The molecule has 32 heavy (non-hydrogen) atoms. The average molecular weight is 538 g/mol. The van der Waals surface area contributed by atoms with E-state index in [2.05, 4.69) is 74.1 Å². The molecule has 0 aliphatic rings. The minimum atomic E-state index is 0. The Morgan fingerprint density at radius 1 is 0.938 bits per heavy atom. The molecule has 0 atom stereocenters. The van der Waals surface area contributed by atoms with Crippen molar-refractivity contribution in [2.75, 3.05) is 13.6 Å². The summed E-state index contributed by atoms with van der Waals surface area (Å²) in [5.74, 6) is 1.83.